The maximum Gasteiger partial charge on any atom is 0.254 e. The molecule has 0 aliphatic carbocycles. The molecule has 1 amide bonds. The van der Waals surface area contributed by atoms with Crippen molar-refractivity contribution in [3.8, 4) is 0 Å². The van der Waals surface area contributed by atoms with E-state index in [9.17, 15) is 4.79 Å². The van der Waals surface area contributed by atoms with E-state index >= 15 is 0 Å². The van der Waals surface area contributed by atoms with Crippen LogP contribution in [0.25, 0.3) is 0 Å². The van der Waals surface area contributed by atoms with Crippen molar-refractivity contribution in [3.05, 3.63) is 35.4 Å². The Kier molecular flexibility index (Phi) is 5.40. The van der Waals surface area contributed by atoms with Gasteiger partial charge in [-0.1, -0.05) is 26.0 Å². The van der Waals surface area contributed by atoms with Crippen molar-refractivity contribution in [2.24, 2.45) is 0 Å². The molecule has 3 heteroatoms. The first-order valence-corrected chi connectivity index (χ1v) is 8.13. The number of benzene rings is 1. The molecule has 1 aromatic carbocycles. The highest BCUT2D eigenvalue weighted by Gasteiger charge is 2.24. The third-order valence-corrected chi connectivity index (χ3v) is 4.29. The fourth-order valence-electron chi connectivity index (χ4n) is 2.85. The second kappa shape index (κ2) is 7.08. The number of nitrogens with zero attached hydrogens (tertiary/aromatic N) is 1. The van der Waals surface area contributed by atoms with Gasteiger partial charge in [-0.05, 0) is 56.8 Å². The Labute approximate surface area is 128 Å². The van der Waals surface area contributed by atoms with Crippen molar-refractivity contribution in [1.29, 1.82) is 0 Å². The Morgan fingerprint density at radius 3 is 2.38 bits per heavy atom. The summed E-state index contributed by atoms with van der Waals surface area (Å²) in [5.74, 6) is 0.645. The predicted molar refractivity (Wildman–Crippen MR) is 87.7 cm³/mol. The quantitative estimate of drug-likeness (QED) is 0.900. The van der Waals surface area contributed by atoms with Crippen LogP contribution in [0.15, 0.2) is 24.3 Å². The van der Waals surface area contributed by atoms with E-state index < -0.39 is 0 Å². The van der Waals surface area contributed by atoms with Gasteiger partial charge < -0.3 is 10.2 Å². The topological polar surface area (TPSA) is 32.3 Å². The minimum Gasteiger partial charge on any atom is -0.335 e. The van der Waals surface area contributed by atoms with Crippen LogP contribution in [-0.2, 0) is 0 Å². The maximum atomic E-state index is 12.8. The molecule has 0 bridgehead atoms. The van der Waals surface area contributed by atoms with Crippen LogP contribution in [0.5, 0.6) is 0 Å². The van der Waals surface area contributed by atoms with Gasteiger partial charge in [0.1, 0.15) is 0 Å². The molecule has 21 heavy (non-hydrogen) atoms. The third-order valence-electron chi connectivity index (χ3n) is 4.29. The molecule has 1 fully saturated rings. The van der Waals surface area contributed by atoms with E-state index in [-0.39, 0.29) is 11.9 Å². The first kappa shape index (κ1) is 16.0. The Balaban J connectivity index is 2.09. The molecule has 1 heterocycles. The highest BCUT2D eigenvalue weighted by atomic mass is 16.2. The fraction of sp³-hybridized carbons (Fsp3) is 0.611. The first-order chi connectivity index (χ1) is 9.99. The summed E-state index contributed by atoms with van der Waals surface area (Å²) in [6.45, 7) is 10.4. The van der Waals surface area contributed by atoms with Crippen LogP contribution in [0.4, 0.5) is 0 Å². The van der Waals surface area contributed by atoms with Crippen molar-refractivity contribution >= 4 is 5.91 Å². The summed E-state index contributed by atoms with van der Waals surface area (Å²) in [5, 5.41) is 3.48. The SMILES string of the molecule is CC(C)c1ccc(C(=O)N(CC2CCCN2)C(C)C)cc1. The zero-order chi connectivity index (χ0) is 15.4. The van der Waals surface area contributed by atoms with Crippen LogP contribution in [0.3, 0.4) is 0 Å². The number of hydrogen-bond acceptors (Lipinski definition) is 2. The molecule has 1 aliphatic rings. The molecule has 1 unspecified atom stereocenters. The standard InChI is InChI=1S/C18H28N2O/c1-13(2)15-7-9-16(10-8-15)18(21)20(14(3)4)12-17-6-5-11-19-17/h7-10,13-14,17,19H,5-6,11-12H2,1-4H3. The molecule has 0 spiro atoms. The van der Waals surface area contributed by atoms with E-state index in [2.05, 4.69) is 45.1 Å². The van der Waals surface area contributed by atoms with Crippen molar-refractivity contribution in [2.45, 2.75) is 58.5 Å². The Bertz CT molecular complexity index is 459. The summed E-state index contributed by atoms with van der Waals surface area (Å²) in [6.07, 6.45) is 2.39. The summed E-state index contributed by atoms with van der Waals surface area (Å²) in [5.41, 5.74) is 2.08. The van der Waals surface area contributed by atoms with Crippen LogP contribution >= 0.6 is 0 Å². The highest BCUT2D eigenvalue weighted by molar-refractivity contribution is 5.94. The number of nitrogens with one attached hydrogen (secondary N) is 1. The minimum absolute atomic E-state index is 0.147. The van der Waals surface area contributed by atoms with Gasteiger partial charge in [-0.25, -0.2) is 0 Å². The van der Waals surface area contributed by atoms with E-state index in [1.54, 1.807) is 0 Å². The molecule has 1 saturated heterocycles. The summed E-state index contributed by atoms with van der Waals surface area (Å²) >= 11 is 0. The molecular formula is C18H28N2O. The van der Waals surface area contributed by atoms with Gasteiger partial charge >= 0.3 is 0 Å². The monoisotopic (exact) mass is 288 g/mol. The van der Waals surface area contributed by atoms with Crippen LogP contribution in [0.2, 0.25) is 0 Å². The number of amides is 1. The Morgan fingerprint density at radius 1 is 1.24 bits per heavy atom. The minimum atomic E-state index is 0.147. The average molecular weight is 288 g/mol. The predicted octanol–water partition coefficient (Wildman–Crippen LogP) is 3.41. The number of carbonyl (C=O) groups excluding carboxylic acids is 1. The summed E-state index contributed by atoms with van der Waals surface area (Å²) < 4.78 is 0. The van der Waals surface area contributed by atoms with Gasteiger partial charge in [0.25, 0.3) is 5.91 Å². The summed E-state index contributed by atoms with van der Waals surface area (Å²) in [4.78, 5) is 14.7. The molecule has 0 aromatic heterocycles. The summed E-state index contributed by atoms with van der Waals surface area (Å²) in [6, 6.07) is 8.76. The molecule has 1 aliphatic heterocycles. The van der Waals surface area contributed by atoms with Crippen LogP contribution in [0.1, 0.15) is 62.4 Å². The third kappa shape index (κ3) is 4.07. The normalized spacial score (nSPS) is 18.5. The lowest BCUT2D eigenvalue weighted by atomic mass is 10.0. The molecule has 1 N–H and O–H groups in total. The van der Waals surface area contributed by atoms with E-state index in [0.717, 1.165) is 18.7 Å². The van der Waals surface area contributed by atoms with Crippen LogP contribution < -0.4 is 5.32 Å². The van der Waals surface area contributed by atoms with E-state index in [1.807, 2.05) is 17.0 Å². The second-order valence-corrected chi connectivity index (χ2v) is 6.62. The maximum absolute atomic E-state index is 12.8. The van der Waals surface area contributed by atoms with Crippen molar-refractivity contribution in [3.63, 3.8) is 0 Å². The van der Waals surface area contributed by atoms with Gasteiger partial charge in [0.05, 0.1) is 0 Å². The Morgan fingerprint density at radius 2 is 1.90 bits per heavy atom. The smallest absolute Gasteiger partial charge is 0.254 e. The van der Waals surface area contributed by atoms with Crippen molar-refractivity contribution in [2.75, 3.05) is 13.1 Å². The molecule has 3 nitrogen and oxygen atoms in total. The number of carbonyl (C=O) groups is 1. The van der Waals surface area contributed by atoms with Gasteiger partial charge in [-0.15, -0.1) is 0 Å². The average Bonchev–Trinajstić information content (AvgIpc) is 2.97. The highest BCUT2D eigenvalue weighted by Crippen LogP contribution is 2.17. The largest absolute Gasteiger partial charge is 0.335 e. The molecule has 1 aromatic rings. The van der Waals surface area contributed by atoms with E-state index in [4.69, 9.17) is 0 Å². The molecule has 2 rings (SSSR count). The lowest BCUT2D eigenvalue weighted by Gasteiger charge is -2.29. The van der Waals surface area contributed by atoms with Crippen molar-refractivity contribution < 1.29 is 4.79 Å². The van der Waals surface area contributed by atoms with Gasteiger partial charge in [-0.3, -0.25) is 4.79 Å². The fourth-order valence-corrected chi connectivity index (χ4v) is 2.85. The van der Waals surface area contributed by atoms with Crippen LogP contribution in [-0.4, -0.2) is 36.0 Å². The van der Waals surface area contributed by atoms with Crippen LogP contribution in [0, 0.1) is 0 Å². The van der Waals surface area contributed by atoms with Gasteiger partial charge in [-0.2, -0.15) is 0 Å². The zero-order valence-electron chi connectivity index (χ0n) is 13.7. The van der Waals surface area contributed by atoms with E-state index in [0.29, 0.717) is 12.0 Å². The van der Waals surface area contributed by atoms with Gasteiger partial charge in [0.2, 0.25) is 0 Å². The molecular weight excluding hydrogens is 260 g/mol. The van der Waals surface area contributed by atoms with E-state index in [1.165, 1.54) is 18.4 Å². The first-order valence-electron chi connectivity index (χ1n) is 8.13. The molecule has 0 radical (unpaired) electrons. The molecule has 0 saturated carbocycles. The van der Waals surface area contributed by atoms with Gasteiger partial charge in [0, 0.05) is 24.2 Å². The Hall–Kier alpha value is -1.35. The molecule has 116 valence electrons. The second-order valence-electron chi connectivity index (χ2n) is 6.62. The zero-order valence-corrected chi connectivity index (χ0v) is 13.7. The summed E-state index contributed by atoms with van der Waals surface area (Å²) in [7, 11) is 0. The van der Waals surface area contributed by atoms with Crippen molar-refractivity contribution in [1.82, 2.24) is 10.2 Å². The lowest BCUT2D eigenvalue weighted by molar-refractivity contribution is 0.0689. The lowest BCUT2D eigenvalue weighted by Crippen LogP contribution is -2.44. The van der Waals surface area contributed by atoms with Gasteiger partial charge in [0.15, 0.2) is 0 Å². The molecule has 1 atom stereocenters. The number of rotatable bonds is 5. The number of hydrogen-bond donors (Lipinski definition) is 1.